The molecule has 0 N–H and O–H groups in total. The Morgan fingerprint density at radius 1 is 1.04 bits per heavy atom. The summed E-state index contributed by atoms with van der Waals surface area (Å²) in [5.74, 6) is 1.82. The molecule has 0 atom stereocenters. The molecule has 2 aromatic carbocycles. The Morgan fingerprint density at radius 3 is 2.39 bits per heavy atom. The van der Waals surface area contributed by atoms with Crippen molar-refractivity contribution in [1.29, 1.82) is 0 Å². The lowest BCUT2D eigenvalue weighted by molar-refractivity contribution is -2.00. The minimum absolute atomic E-state index is 0.849. The zero-order chi connectivity index (χ0) is 20.5. The molecule has 0 spiro atoms. The molecule has 8 heteroatoms. The number of hydrogen-bond acceptors (Lipinski definition) is 5. The van der Waals surface area contributed by atoms with E-state index in [4.69, 9.17) is 35.0 Å². The van der Waals surface area contributed by atoms with Gasteiger partial charge in [-0.1, -0.05) is 41.9 Å². The Labute approximate surface area is 170 Å². The number of ether oxygens (including phenoxy) is 1. The van der Waals surface area contributed by atoms with Gasteiger partial charge in [0.1, 0.15) is 25.6 Å². The van der Waals surface area contributed by atoms with Gasteiger partial charge >= 0.3 is 0 Å². The van der Waals surface area contributed by atoms with Crippen LogP contribution in [0.2, 0.25) is 0 Å². The number of allylic oxidation sites excluding steroid dienone is 2. The molecule has 4 rings (SSSR count). The lowest BCUT2D eigenvalue weighted by Crippen LogP contribution is -2.68. The Kier molecular flexibility index (Phi) is 6.09. The second-order valence-corrected chi connectivity index (χ2v) is 7.87. The zero-order valence-corrected chi connectivity index (χ0v) is 16.9. The quantitative estimate of drug-likeness (QED) is 0.481. The van der Waals surface area contributed by atoms with Crippen LogP contribution in [0.1, 0.15) is 24.8 Å². The van der Waals surface area contributed by atoms with E-state index in [1.165, 1.54) is 11.0 Å². The minimum Gasteiger partial charge on any atom is -0.456 e. The molecule has 28 heavy (non-hydrogen) atoms. The minimum atomic E-state index is -4.94. The molecule has 0 bridgehead atoms. The molecule has 148 valence electrons. The largest absolute Gasteiger partial charge is 0.456 e. The molecule has 0 aromatic heterocycles. The van der Waals surface area contributed by atoms with Crippen molar-refractivity contribution in [2.75, 3.05) is 14.1 Å². The second kappa shape index (κ2) is 8.21. The van der Waals surface area contributed by atoms with Crippen molar-refractivity contribution in [2.24, 2.45) is 0 Å². The molecule has 1 heterocycles. The van der Waals surface area contributed by atoms with E-state index < -0.39 is 10.2 Å². The third-order valence-electron chi connectivity index (χ3n) is 4.44. The summed E-state index contributed by atoms with van der Waals surface area (Å²) in [4.78, 5) is 0. The lowest BCUT2D eigenvalue weighted by Gasteiger charge is -2.28. The van der Waals surface area contributed by atoms with E-state index in [-0.39, 0.29) is 0 Å². The van der Waals surface area contributed by atoms with E-state index in [0.717, 1.165) is 52.3 Å². The van der Waals surface area contributed by atoms with Gasteiger partial charge in [-0.25, -0.2) is 23.2 Å². The Bertz CT molecular complexity index is 995. The van der Waals surface area contributed by atoms with Crippen molar-refractivity contribution in [3.63, 3.8) is 0 Å². The monoisotopic (exact) mass is 423 g/mol. The predicted octanol–water partition coefficient (Wildman–Crippen LogP) is 0.207. The summed E-state index contributed by atoms with van der Waals surface area (Å²) in [7, 11) is -0.866. The number of nitrogens with zero attached hydrogens (tertiary/aromatic N) is 1. The van der Waals surface area contributed by atoms with Crippen LogP contribution in [0.15, 0.2) is 53.3 Å². The van der Waals surface area contributed by atoms with E-state index in [2.05, 4.69) is 41.1 Å². The van der Waals surface area contributed by atoms with Gasteiger partial charge in [-0.2, -0.15) is 0 Å². The van der Waals surface area contributed by atoms with Crippen molar-refractivity contribution >= 4 is 33.6 Å². The molecule has 0 saturated heterocycles. The molecule has 1 aliphatic heterocycles. The van der Waals surface area contributed by atoms with Crippen LogP contribution in [-0.2, 0) is 0 Å². The van der Waals surface area contributed by atoms with Crippen LogP contribution < -0.4 is 23.4 Å². The van der Waals surface area contributed by atoms with Gasteiger partial charge in [0.25, 0.3) is 0 Å². The number of fused-ring (bicyclic) bond motifs is 4. The van der Waals surface area contributed by atoms with Gasteiger partial charge in [0.15, 0.2) is 6.21 Å². The highest BCUT2D eigenvalue weighted by molar-refractivity contribution is 6.51. The SMILES string of the molecule is C[N+](C)=CC1=C2Oc3ccc4ccccc4c3C(Cl)=C2CCC1.[O-][Cl+3]([O-])([O-])[O-]. The van der Waals surface area contributed by atoms with Gasteiger partial charge in [-0.3, -0.25) is 0 Å². The number of rotatable bonds is 1. The third kappa shape index (κ3) is 4.72. The molecule has 0 fully saturated rings. The van der Waals surface area contributed by atoms with Crippen LogP contribution in [0.25, 0.3) is 15.8 Å². The zero-order valence-electron chi connectivity index (χ0n) is 15.4. The molecule has 0 amide bonds. The Hall–Kier alpha value is -1.93. The molecule has 0 saturated carbocycles. The summed E-state index contributed by atoms with van der Waals surface area (Å²) >= 11 is 6.84. The Morgan fingerprint density at radius 2 is 1.71 bits per heavy atom. The van der Waals surface area contributed by atoms with Gasteiger partial charge in [-0.05, 0) is 36.1 Å². The average molecular weight is 424 g/mol. The average Bonchev–Trinajstić information content (AvgIpc) is 2.60. The fourth-order valence-electron chi connectivity index (χ4n) is 3.47. The van der Waals surface area contributed by atoms with Crippen molar-refractivity contribution in [3.8, 4) is 5.75 Å². The van der Waals surface area contributed by atoms with E-state index in [9.17, 15) is 0 Å². The summed E-state index contributed by atoms with van der Waals surface area (Å²) in [5, 5.41) is 3.20. The topological polar surface area (TPSA) is 104 Å². The highest BCUT2D eigenvalue weighted by Gasteiger charge is 2.30. The fourth-order valence-corrected chi connectivity index (χ4v) is 3.85. The number of halogens is 2. The molecule has 0 unspecified atom stereocenters. The van der Waals surface area contributed by atoms with Crippen molar-refractivity contribution in [1.82, 2.24) is 0 Å². The normalized spacial score (nSPS) is 16.0. The number of benzene rings is 2. The molecular formula is C20H19Cl2NO5. The fraction of sp³-hybridized carbons (Fsp3) is 0.250. The lowest BCUT2D eigenvalue weighted by atomic mass is 9.89. The summed E-state index contributed by atoms with van der Waals surface area (Å²) in [6.07, 6.45) is 5.26. The van der Waals surface area contributed by atoms with E-state index in [1.807, 2.05) is 20.2 Å². The van der Waals surface area contributed by atoms with Gasteiger partial charge in [-0.15, -0.1) is 10.2 Å². The maximum Gasteiger partial charge on any atom is 0.169 e. The van der Waals surface area contributed by atoms with E-state index in [1.54, 1.807) is 0 Å². The summed E-state index contributed by atoms with van der Waals surface area (Å²) in [6.45, 7) is 0. The van der Waals surface area contributed by atoms with Crippen LogP contribution in [-0.4, -0.2) is 24.9 Å². The molecular weight excluding hydrogens is 405 g/mol. The standard InChI is InChI=1S/C20H19ClNO.ClHO4/c1-22(2)12-14-7-5-9-16-19(21)18-15-8-4-3-6-13(15)10-11-17(18)23-20(14)16;2-1(3,4)5/h3-4,6,8,10-12H,5,7,9H2,1-2H3;(H,2,3,4,5)/q+1;/p-1. The first kappa shape index (κ1) is 20.8. The molecule has 1 aliphatic carbocycles. The van der Waals surface area contributed by atoms with E-state index >= 15 is 0 Å². The summed E-state index contributed by atoms with van der Waals surface area (Å²) < 4.78 is 42.3. The third-order valence-corrected chi connectivity index (χ3v) is 4.86. The van der Waals surface area contributed by atoms with Crippen LogP contribution in [0.5, 0.6) is 5.75 Å². The maximum absolute atomic E-state index is 8.49. The van der Waals surface area contributed by atoms with E-state index in [0.29, 0.717) is 0 Å². The summed E-state index contributed by atoms with van der Waals surface area (Å²) in [5.41, 5.74) is 3.41. The first-order valence-electron chi connectivity index (χ1n) is 8.60. The molecule has 2 aliphatic rings. The molecule has 0 radical (unpaired) electrons. The van der Waals surface area contributed by atoms with Crippen molar-refractivity contribution < 1.29 is 38.2 Å². The van der Waals surface area contributed by atoms with Gasteiger partial charge in [0.05, 0.1) is 10.6 Å². The Balaban J connectivity index is 0.000000403. The first-order chi connectivity index (χ1) is 13.1. The highest BCUT2D eigenvalue weighted by atomic mass is 35.7. The van der Waals surface area contributed by atoms with Gasteiger partial charge in [0.2, 0.25) is 0 Å². The van der Waals surface area contributed by atoms with Crippen LogP contribution >= 0.6 is 11.6 Å². The van der Waals surface area contributed by atoms with Crippen molar-refractivity contribution in [3.05, 3.63) is 58.9 Å². The van der Waals surface area contributed by atoms with Gasteiger partial charge in [0, 0.05) is 11.1 Å². The van der Waals surface area contributed by atoms with Crippen LogP contribution in [0.4, 0.5) is 0 Å². The predicted molar refractivity (Wildman–Crippen MR) is 96.4 cm³/mol. The van der Waals surface area contributed by atoms with Crippen LogP contribution in [0.3, 0.4) is 0 Å². The number of hydrogen-bond donors (Lipinski definition) is 0. The second-order valence-electron chi connectivity index (χ2n) is 6.73. The highest BCUT2D eigenvalue weighted by Crippen LogP contribution is 2.47. The smallest absolute Gasteiger partial charge is 0.169 e. The molecule has 6 nitrogen and oxygen atoms in total. The summed E-state index contributed by atoms with van der Waals surface area (Å²) in [6, 6.07) is 12.5. The van der Waals surface area contributed by atoms with Gasteiger partial charge < -0.3 is 4.74 Å². The van der Waals surface area contributed by atoms with Crippen molar-refractivity contribution in [2.45, 2.75) is 19.3 Å². The molecule has 2 aromatic rings. The maximum atomic E-state index is 8.49. The first-order valence-corrected chi connectivity index (χ1v) is 10.2. The van der Waals surface area contributed by atoms with Crippen LogP contribution in [0, 0.1) is 10.2 Å².